The first-order chi connectivity index (χ1) is 17.7. The zero-order valence-corrected chi connectivity index (χ0v) is 20.1. The molecule has 0 aromatic heterocycles. The number of anilines is 1. The van der Waals surface area contributed by atoms with Crippen molar-refractivity contribution in [1.29, 1.82) is 0 Å². The standard InChI is InChI=1S/C28H28F3N3O3/c29-28(30,31)23-12-14-24(15-13-23)32-25(35)34-17-7-16-27(20-34,18-21-8-3-1-4-9-21)33-26(36)37-19-22-10-5-2-6-11-22/h1-6,8-15H,7,16-20H2,(H,32,35)(H,33,36). The second kappa shape index (κ2) is 11.4. The number of hydrogen-bond donors (Lipinski definition) is 2. The molecule has 1 saturated heterocycles. The summed E-state index contributed by atoms with van der Waals surface area (Å²) in [6, 6.07) is 22.8. The molecule has 2 N–H and O–H groups in total. The summed E-state index contributed by atoms with van der Waals surface area (Å²) < 4.78 is 44.0. The summed E-state index contributed by atoms with van der Waals surface area (Å²) in [7, 11) is 0. The fourth-order valence-electron chi connectivity index (χ4n) is 4.50. The van der Waals surface area contributed by atoms with Crippen LogP contribution in [0.2, 0.25) is 0 Å². The Morgan fingerprint density at radius 1 is 0.892 bits per heavy atom. The van der Waals surface area contributed by atoms with Crippen LogP contribution in [0.1, 0.15) is 29.5 Å². The number of alkyl carbamates (subject to hydrolysis) is 1. The quantitative estimate of drug-likeness (QED) is 0.412. The number of nitrogens with one attached hydrogen (secondary N) is 2. The summed E-state index contributed by atoms with van der Waals surface area (Å²) in [5, 5.41) is 5.68. The molecule has 6 nitrogen and oxygen atoms in total. The molecule has 0 saturated carbocycles. The molecule has 1 unspecified atom stereocenters. The van der Waals surface area contributed by atoms with Crippen LogP contribution in [-0.2, 0) is 23.9 Å². The topological polar surface area (TPSA) is 70.7 Å². The van der Waals surface area contributed by atoms with Crippen LogP contribution in [0, 0.1) is 0 Å². The number of carbonyl (C=O) groups excluding carboxylic acids is 2. The van der Waals surface area contributed by atoms with E-state index in [1.807, 2.05) is 60.7 Å². The largest absolute Gasteiger partial charge is 0.445 e. The first-order valence-electron chi connectivity index (χ1n) is 12.0. The van der Waals surface area contributed by atoms with E-state index in [1.54, 1.807) is 4.90 Å². The van der Waals surface area contributed by atoms with Gasteiger partial charge < -0.3 is 20.3 Å². The normalized spacial score (nSPS) is 17.6. The molecule has 194 valence electrons. The number of hydrogen-bond acceptors (Lipinski definition) is 3. The van der Waals surface area contributed by atoms with Gasteiger partial charge in [0.1, 0.15) is 6.61 Å². The minimum absolute atomic E-state index is 0.117. The zero-order valence-electron chi connectivity index (χ0n) is 20.1. The predicted octanol–water partition coefficient (Wildman–Crippen LogP) is 6.24. The summed E-state index contributed by atoms with van der Waals surface area (Å²) in [5.41, 5.74) is 0.549. The van der Waals surface area contributed by atoms with Crippen LogP contribution in [0.3, 0.4) is 0 Å². The highest BCUT2D eigenvalue weighted by Gasteiger charge is 2.39. The highest BCUT2D eigenvalue weighted by molar-refractivity contribution is 5.89. The average molecular weight is 512 g/mol. The van der Waals surface area contributed by atoms with Gasteiger partial charge in [-0.15, -0.1) is 0 Å². The second-order valence-corrected chi connectivity index (χ2v) is 9.16. The van der Waals surface area contributed by atoms with Crippen LogP contribution in [0.15, 0.2) is 84.9 Å². The van der Waals surface area contributed by atoms with Gasteiger partial charge in [-0.2, -0.15) is 13.2 Å². The van der Waals surface area contributed by atoms with Crippen LogP contribution in [0.4, 0.5) is 28.4 Å². The third-order valence-electron chi connectivity index (χ3n) is 6.29. The van der Waals surface area contributed by atoms with Gasteiger partial charge in [0.2, 0.25) is 0 Å². The fourth-order valence-corrected chi connectivity index (χ4v) is 4.50. The molecule has 1 heterocycles. The van der Waals surface area contributed by atoms with Gasteiger partial charge in [0.05, 0.1) is 11.1 Å². The fraction of sp³-hybridized carbons (Fsp3) is 0.286. The lowest BCUT2D eigenvalue weighted by Gasteiger charge is -2.43. The number of amides is 3. The number of halogens is 3. The zero-order chi connectivity index (χ0) is 26.3. The molecule has 4 rings (SSSR count). The van der Waals surface area contributed by atoms with Gasteiger partial charge in [0, 0.05) is 18.8 Å². The SMILES string of the molecule is O=C(NC1(Cc2ccccc2)CCCN(C(=O)Nc2ccc(C(F)(F)F)cc2)C1)OCc1ccccc1. The van der Waals surface area contributed by atoms with Crippen LogP contribution in [-0.4, -0.2) is 35.7 Å². The minimum atomic E-state index is -4.45. The molecular formula is C28H28F3N3O3. The number of carbonyl (C=O) groups is 2. The van der Waals surface area contributed by atoms with Crippen molar-refractivity contribution in [3.05, 3.63) is 102 Å². The van der Waals surface area contributed by atoms with Crippen LogP contribution in [0.25, 0.3) is 0 Å². The highest BCUT2D eigenvalue weighted by atomic mass is 19.4. The number of nitrogens with zero attached hydrogens (tertiary/aromatic N) is 1. The van der Waals surface area contributed by atoms with Gasteiger partial charge in [-0.05, 0) is 54.7 Å². The van der Waals surface area contributed by atoms with Crippen LogP contribution >= 0.6 is 0 Å². The molecule has 0 bridgehead atoms. The maximum atomic E-state index is 13.0. The van der Waals surface area contributed by atoms with Crippen LogP contribution < -0.4 is 10.6 Å². The number of piperidine rings is 1. The summed E-state index contributed by atoms with van der Waals surface area (Å²) in [5.74, 6) is 0. The molecular weight excluding hydrogens is 483 g/mol. The Morgan fingerprint density at radius 2 is 1.51 bits per heavy atom. The van der Waals surface area contributed by atoms with Gasteiger partial charge in [-0.3, -0.25) is 0 Å². The lowest BCUT2D eigenvalue weighted by molar-refractivity contribution is -0.137. The summed E-state index contributed by atoms with van der Waals surface area (Å²) in [6.07, 6.45) is -3.28. The van der Waals surface area contributed by atoms with E-state index in [-0.39, 0.29) is 18.8 Å². The molecule has 0 aliphatic carbocycles. The van der Waals surface area contributed by atoms with Crippen molar-refractivity contribution in [2.45, 2.75) is 37.6 Å². The van der Waals surface area contributed by atoms with E-state index in [0.29, 0.717) is 25.8 Å². The van der Waals surface area contributed by atoms with Gasteiger partial charge in [0.25, 0.3) is 0 Å². The maximum Gasteiger partial charge on any atom is 0.416 e. The van der Waals surface area contributed by atoms with Crippen molar-refractivity contribution in [3.8, 4) is 0 Å². The lowest BCUT2D eigenvalue weighted by Crippen LogP contribution is -2.61. The van der Waals surface area contributed by atoms with E-state index in [0.717, 1.165) is 23.3 Å². The molecule has 3 aromatic carbocycles. The minimum Gasteiger partial charge on any atom is -0.445 e. The molecule has 1 fully saturated rings. The first kappa shape index (κ1) is 26.1. The molecule has 0 radical (unpaired) electrons. The van der Waals surface area contributed by atoms with E-state index < -0.39 is 29.4 Å². The Kier molecular flexibility index (Phi) is 8.01. The number of alkyl halides is 3. The number of ether oxygens (including phenoxy) is 1. The Hall–Kier alpha value is -4.01. The molecule has 37 heavy (non-hydrogen) atoms. The van der Waals surface area contributed by atoms with E-state index in [1.165, 1.54) is 12.1 Å². The smallest absolute Gasteiger partial charge is 0.416 e. The van der Waals surface area contributed by atoms with Crippen molar-refractivity contribution in [2.24, 2.45) is 0 Å². The van der Waals surface area contributed by atoms with E-state index in [9.17, 15) is 22.8 Å². The Labute approximate surface area is 213 Å². The van der Waals surface area contributed by atoms with Gasteiger partial charge in [0.15, 0.2) is 0 Å². The molecule has 3 amide bonds. The molecule has 9 heteroatoms. The average Bonchev–Trinajstić information content (AvgIpc) is 2.88. The monoisotopic (exact) mass is 511 g/mol. The predicted molar refractivity (Wildman–Crippen MR) is 134 cm³/mol. The lowest BCUT2D eigenvalue weighted by atomic mass is 9.83. The van der Waals surface area contributed by atoms with Gasteiger partial charge >= 0.3 is 18.3 Å². The molecule has 3 aromatic rings. The first-order valence-corrected chi connectivity index (χ1v) is 12.0. The van der Waals surface area contributed by atoms with Crippen molar-refractivity contribution < 1.29 is 27.5 Å². The Bertz CT molecular complexity index is 1190. The highest BCUT2D eigenvalue weighted by Crippen LogP contribution is 2.30. The van der Waals surface area contributed by atoms with Crippen LogP contribution in [0.5, 0.6) is 0 Å². The third kappa shape index (κ3) is 7.25. The van der Waals surface area contributed by atoms with Crippen molar-refractivity contribution in [3.63, 3.8) is 0 Å². The van der Waals surface area contributed by atoms with E-state index in [4.69, 9.17) is 4.74 Å². The maximum absolute atomic E-state index is 13.0. The second-order valence-electron chi connectivity index (χ2n) is 9.16. The van der Waals surface area contributed by atoms with Gasteiger partial charge in [-0.25, -0.2) is 9.59 Å². The summed E-state index contributed by atoms with van der Waals surface area (Å²) >= 11 is 0. The summed E-state index contributed by atoms with van der Waals surface area (Å²) in [4.78, 5) is 27.4. The number of urea groups is 1. The summed E-state index contributed by atoms with van der Waals surface area (Å²) in [6.45, 7) is 0.783. The van der Waals surface area contributed by atoms with Crippen molar-refractivity contribution in [2.75, 3.05) is 18.4 Å². The Morgan fingerprint density at radius 3 is 2.14 bits per heavy atom. The third-order valence-corrected chi connectivity index (χ3v) is 6.29. The van der Waals surface area contributed by atoms with E-state index >= 15 is 0 Å². The van der Waals surface area contributed by atoms with Crippen molar-refractivity contribution in [1.82, 2.24) is 10.2 Å². The molecule has 1 aliphatic rings. The number of likely N-dealkylation sites (tertiary alicyclic amines) is 1. The number of benzene rings is 3. The molecule has 1 aliphatic heterocycles. The number of rotatable bonds is 6. The van der Waals surface area contributed by atoms with Crippen molar-refractivity contribution >= 4 is 17.8 Å². The van der Waals surface area contributed by atoms with E-state index in [2.05, 4.69) is 10.6 Å². The molecule has 0 spiro atoms. The Balaban J connectivity index is 1.46. The van der Waals surface area contributed by atoms with Gasteiger partial charge in [-0.1, -0.05) is 60.7 Å². The molecule has 1 atom stereocenters.